The van der Waals surface area contributed by atoms with Crippen LogP contribution in [0.5, 0.6) is 0 Å². The molecule has 0 fully saturated rings. The Balaban J connectivity index is 1.42. The van der Waals surface area contributed by atoms with E-state index in [1.54, 1.807) is 0 Å². The van der Waals surface area contributed by atoms with Gasteiger partial charge in [0.05, 0.1) is 10.8 Å². The van der Waals surface area contributed by atoms with E-state index in [4.69, 9.17) is 0 Å². The first kappa shape index (κ1) is 24.0. The number of nitrogens with zero attached hydrogens (tertiary/aromatic N) is 1. The van der Waals surface area contributed by atoms with Crippen molar-refractivity contribution in [1.29, 1.82) is 0 Å². The highest BCUT2D eigenvalue weighted by Gasteiger charge is 2.59. The van der Waals surface area contributed by atoms with Crippen LogP contribution >= 0.6 is 0 Å². The molecule has 2 atom stereocenters. The van der Waals surface area contributed by atoms with Crippen LogP contribution in [0.3, 0.4) is 0 Å². The monoisotopic (exact) mass is 557 g/mol. The summed E-state index contributed by atoms with van der Waals surface area (Å²) in [5.41, 5.74) is 17.8. The Morgan fingerprint density at radius 2 is 0.886 bits per heavy atom. The molecule has 1 heteroatoms. The van der Waals surface area contributed by atoms with Crippen molar-refractivity contribution in [3.63, 3.8) is 0 Å². The Morgan fingerprint density at radius 3 is 1.64 bits per heavy atom. The van der Waals surface area contributed by atoms with Crippen molar-refractivity contribution >= 4 is 0 Å². The molecule has 0 N–H and O–H groups in total. The molecule has 2 unspecified atom stereocenters. The molecule has 0 amide bonds. The normalized spacial score (nSPS) is 19.5. The second-order valence-electron chi connectivity index (χ2n) is 12.2. The number of hydrogen-bond donors (Lipinski definition) is 0. The van der Waals surface area contributed by atoms with Crippen LogP contribution in [0.2, 0.25) is 0 Å². The minimum atomic E-state index is -0.461. The molecule has 1 spiro atoms. The van der Waals surface area contributed by atoms with Gasteiger partial charge in [-0.1, -0.05) is 133 Å². The molecule has 0 radical (unpaired) electrons. The van der Waals surface area contributed by atoms with Crippen molar-refractivity contribution in [3.8, 4) is 33.4 Å². The minimum Gasteiger partial charge on any atom is -0.265 e. The van der Waals surface area contributed by atoms with Crippen molar-refractivity contribution in [3.05, 3.63) is 209 Å². The number of aromatic nitrogens is 1. The molecule has 10 rings (SSSR count). The lowest BCUT2D eigenvalue weighted by molar-refractivity contribution is 0.636. The van der Waals surface area contributed by atoms with Gasteiger partial charge in [-0.3, -0.25) is 4.98 Å². The van der Waals surface area contributed by atoms with Crippen molar-refractivity contribution in [2.75, 3.05) is 0 Å². The summed E-state index contributed by atoms with van der Waals surface area (Å²) >= 11 is 0. The van der Waals surface area contributed by atoms with E-state index in [-0.39, 0.29) is 0 Å². The molecule has 0 saturated heterocycles. The maximum Gasteiger partial charge on any atom is 0.0720 e. The molecule has 0 saturated carbocycles. The summed E-state index contributed by atoms with van der Waals surface area (Å²) in [5, 5.41) is 0. The van der Waals surface area contributed by atoms with Gasteiger partial charge < -0.3 is 0 Å². The fourth-order valence-electron chi connectivity index (χ4n) is 8.96. The predicted molar refractivity (Wildman–Crippen MR) is 178 cm³/mol. The molecule has 1 nitrogen and oxygen atoms in total. The van der Waals surface area contributed by atoms with Crippen LogP contribution in [-0.2, 0) is 10.8 Å². The Morgan fingerprint density at radius 1 is 0.341 bits per heavy atom. The predicted octanol–water partition coefficient (Wildman–Crippen LogP) is 9.79. The highest BCUT2D eigenvalue weighted by Crippen LogP contribution is 2.68. The maximum absolute atomic E-state index is 4.30. The summed E-state index contributed by atoms with van der Waals surface area (Å²) in [6, 6.07) is 57.0. The highest BCUT2D eigenvalue weighted by molar-refractivity contribution is 5.96. The van der Waals surface area contributed by atoms with Gasteiger partial charge in [0.1, 0.15) is 0 Å². The van der Waals surface area contributed by atoms with E-state index in [2.05, 4.69) is 157 Å². The van der Waals surface area contributed by atoms with Gasteiger partial charge in [0.2, 0.25) is 0 Å². The van der Waals surface area contributed by atoms with Gasteiger partial charge in [0, 0.05) is 12.4 Å². The van der Waals surface area contributed by atoms with Crippen LogP contribution in [0, 0.1) is 0 Å². The molecule has 0 bridgehead atoms. The zero-order chi connectivity index (χ0) is 28.9. The van der Waals surface area contributed by atoms with Crippen LogP contribution in [0.15, 0.2) is 164 Å². The van der Waals surface area contributed by atoms with E-state index in [9.17, 15) is 0 Å². The number of rotatable bonds is 2. The van der Waals surface area contributed by atoms with Gasteiger partial charge >= 0.3 is 0 Å². The van der Waals surface area contributed by atoms with Gasteiger partial charge in [0.15, 0.2) is 0 Å². The van der Waals surface area contributed by atoms with Gasteiger partial charge in [-0.25, -0.2) is 0 Å². The smallest absolute Gasteiger partial charge is 0.0720 e. The first-order valence-electron chi connectivity index (χ1n) is 15.4. The van der Waals surface area contributed by atoms with Gasteiger partial charge in [-0.15, -0.1) is 0 Å². The molecule has 6 aromatic carbocycles. The second kappa shape index (κ2) is 8.52. The SMILES string of the molecule is c1ccc(C23c4ccccc4-c4cccc(c42)C2(c4ccccc4-c4ccc(-c5ccncc5)cc42)c2ccccc23)cc1. The van der Waals surface area contributed by atoms with Crippen LogP contribution in [0.25, 0.3) is 33.4 Å². The molecule has 3 aliphatic carbocycles. The van der Waals surface area contributed by atoms with Crippen molar-refractivity contribution in [2.45, 2.75) is 10.8 Å². The standard InChI is InChI=1S/C43H27N/c1-2-11-30(12-3-1)42-35-16-6-5-14-32(35)34-15-10-20-39(41(34)42)43(38-19-9-8-18-37(38)42)36-17-7-4-13-31(36)33-22-21-29(27-40(33)43)28-23-25-44-26-24-28/h1-27H. The fraction of sp³-hybridized carbons (Fsp3) is 0.0465. The Kier molecular flexibility index (Phi) is 4.64. The van der Waals surface area contributed by atoms with Crippen LogP contribution < -0.4 is 0 Å². The zero-order valence-corrected chi connectivity index (χ0v) is 24.0. The maximum atomic E-state index is 4.30. The highest BCUT2D eigenvalue weighted by atomic mass is 14.6. The molecule has 1 heterocycles. The molecule has 204 valence electrons. The first-order chi connectivity index (χ1) is 21.8. The molecule has 0 aliphatic heterocycles. The summed E-state index contributed by atoms with van der Waals surface area (Å²) in [6.07, 6.45) is 3.77. The van der Waals surface area contributed by atoms with E-state index in [0.29, 0.717) is 0 Å². The summed E-state index contributed by atoms with van der Waals surface area (Å²) < 4.78 is 0. The van der Waals surface area contributed by atoms with Crippen molar-refractivity contribution in [1.82, 2.24) is 4.98 Å². The van der Waals surface area contributed by atoms with Crippen LogP contribution in [0.1, 0.15) is 44.5 Å². The second-order valence-corrected chi connectivity index (χ2v) is 12.2. The molecule has 3 aliphatic rings. The largest absolute Gasteiger partial charge is 0.265 e. The third-order valence-corrected chi connectivity index (χ3v) is 10.5. The summed E-state index contributed by atoms with van der Waals surface area (Å²) in [5.74, 6) is 0. The summed E-state index contributed by atoms with van der Waals surface area (Å²) in [7, 11) is 0. The van der Waals surface area contributed by atoms with Gasteiger partial charge in [-0.05, 0) is 96.1 Å². The molecule has 44 heavy (non-hydrogen) atoms. The van der Waals surface area contributed by atoms with E-state index in [1.165, 1.54) is 77.9 Å². The Bertz CT molecular complexity index is 2280. The summed E-state index contributed by atoms with van der Waals surface area (Å²) in [6.45, 7) is 0. The van der Waals surface area contributed by atoms with E-state index in [0.717, 1.165) is 0 Å². The van der Waals surface area contributed by atoms with Crippen molar-refractivity contribution in [2.24, 2.45) is 0 Å². The molecular formula is C43H27N. The van der Waals surface area contributed by atoms with Crippen molar-refractivity contribution < 1.29 is 0 Å². The lowest BCUT2D eigenvalue weighted by Crippen LogP contribution is -2.43. The topological polar surface area (TPSA) is 12.9 Å². The average molecular weight is 558 g/mol. The minimum absolute atomic E-state index is 0.411. The van der Waals surface area contributed by atoms with E-state index in [1.807, 2.05) is 12.4 Å². The number of hydrogen-bond acceptors (Lipinski definition) is 1. The van der Waals surface area contributed by atoms with E-state index >= 15 is 0 Å². The van der Waals surface area contributed by atoms with Gasteiger partial charge in [-0.2, -0.15) is 0 Å². The lowest BCUT2D eigenvalue weighted by Gasteiger charge is -2.48. The molecule has 7 aromatic rings. The van der Waals surface area contributed by atoms with E-state index < -0.39 is 10.8 Å². The number of pyridine rings is 1. The van der Waals surface area contributed by atoms with Gasteiger partial charge in [0.25, 0.3) is 0 Å². The Hall–Kier alpha value is -5.53. The molecular weight excluding hydrogens is 530 g/mol. The lowest BCUT2D eigenvalue weighted by atomic mass is 9.52. The van der Waals surface area contributed by atoms with Crippen LogP contribution in [-0.4, -0.2) is 4.98 Å². The summed E-state index contributed by atoms with van der Waals surface area (Å²) in [4.78, 5) is 4.30. The zero-order valence-electron chi connectivity index (χ0n) is 24.0. The number of benzene rings is 6. The average Bonchev–Trinajstić information content (AvgIpc) is 3.57. The van der Waals surface area contributed by atoms with Crippen LogP contribution in [0.4, 0.5) is 0 Å². The fourth-order valence-corrected chi connectivity index (χ4v) is 8.96. The quantitative estimate of drug-likeness (QED) is 0.206. The number of fused-ring (bicyclic) bond motifs is 12. The Labute approximate surface area is 257 Å². The molecule has 1 aromatic heterocycles. The first-order valence-corrected chi connectivity index (χ1v) is 15.4. The third kappa shape index (κ3) is 2.70. The third-order valence-electron chi connectivity index (χ3n) is 10.5.